The molecular weight excluding hydrogens is 409 g/mol. The highest BCUT2D eigenvalue weighted by Gasteiger charge is 2.19. The van der Waals surface area contributed by atoms with Crippen LogP contribution < -0.4 is 5.32 Å². The van der Waals surface area contributed by atoms with E-state index >= 15 is 0 Å². The lowest BCUT2D eigenvalue weighted by Gasteiger charge is -2.14. The Kier molecular flexibility index (Phi) is 6.29. The molecule has 1 amide bonds. The van der Waals surface area contributed by atoms with Crippen LogP contribution in [0.4, 0.5) is 0 Å². The van der Waals surface area contributed by atoms with Crippen molar-refractivity contribution in [1.82, 2.24) is 9.88 Å². The molecule has 148 valence electrons. The lowest BCUT2D eigenvalue weighted by atomic mass is 10.1. The Balaban J connectivity index is 1.77. The summed E-state index contributed by atoms with van der Waals surface area (Å²) < 4.78 is 1.95. The van der Waals surface area contributed by atoms with E-state index in [-0.39, 0.29) is 12.5 Å². The largest absolute Gasteiger partial charge is 0.387 e. The molecule has 0 spiro atoms. The summed E-state index contributed by atoms with van der Waals surface area (Å²) in [5.74, 6) is -0.290. The van der Waals surface area contributed by atoms with Crippen molar-refractivity contribution in [3.8, 4) is 11.8 Å². The van der Waals surface area contributed by atoms with Crippen LogP contribution in [0, 0.1) is 25.2 Å². The molecule has 0 aliphatic rings. The number of hydrogen-bond acceptors (Lipinski definition) is 3. The summed E-state index contributed by atoms with van der Waals surface area (Å²) in [7, 11) is 0. The highest BCUT2D eigenvalue weighted by Crippen LogP contribution is 2.26. The van der Waals surface area contributed by atoms with Gasteiger partial charge in [0.1, 0.15) is 0 Å². The molecule has 0 bridgehead atoms. The fourth-order valence-corrected chi connectivity index (χ4v) is 3.78. The van der Waals surface area contributed by atoms with Gasteiger partial charge in [-0.3, -0.25) is 4.79 Å². The van der Waals surface area contributed by atoms with E-state index in [0.29, 0.717) is 26.7 Å². The Bertz CT molecular complexity index is 1100. The summed E-state index contributed by atoms with van der Waals surface area (Å²) in [6.07, 6.45) is -0.953. The second kappa shape index (κ2) is 8.71. The molecule has 2 N–H and O–H groups in total. The van der Waals surface area contributed by atoms with Crippen molar-refractivity contribution in [2.45, 2.75) is 20.0 Å². The van der Waals surface area contributed by atoms with Crippen molar-refractivity contribution in [2.75, 3.05) is 6.54 Å². The molecule has 1 aromatic heterocycles. The molecule has 0 aliphatic heterocycles. The molecule has 3 rings (SSSR count). The molecule has 5 nitrogen and oxygen atoms in total. The number of amides is 1. The minimum atomic E-state index is -0.953. The molecular formula is C22H19Cl2N3O2. The fourth-order valence-electron chi connectivity index (χ4n) is 3.24. The van der Waals surface area contributed by atoms with E-state index in [2.05, 4.69) is 11.4 Å². The molecule has 0 radical (unpaired) electrons. The number of aryl methyl sites for hydroxylation is 1. The highest BCUT2D eigenvalue weighted by atomic mass is 35.5. The first-order valence-electron chi connectivity index (χ1n) is 8.92. The first-order valence-corrected chi connectivity index (χ1v) is 9.68. The maximum Gasteiger partial charge on any atom is 0.253 e. The van der Waals surface area contributed by atoms with Crippen LogP contribution in [-0.2, 0) is 0 Å². The van der Waals surface area contributed by atoms with E-state index in [1.165, 1.54) is 0 Å². The van der Waals surface area contributed by atoms with Gasteiger partial charge in [0.15, 0.2) is 0 Å². The predicted octanol–water partition coefficient (Wildman–Crippen LogP) is 4.74. The van der Waals surface area contributed by atoms with Crippen LogP contribution >= 0.6 is 23.2 Å². The van der Waals surface area contributed by atoms with Crippen LogP contribution in [0.2, 0.25) is 10.0 Å². The first-order chi connectivity index (χ1) is 13.8. The highest BCUT2D eigenvalue weighted by molar-refractivity contribution is 6.35. The average Bonchev–Trinajstić information content (AvgIpc) is 3.00. The van der Waals surface area contributed by atoms with Crippen molar-refractivity contribution < 1.29 is 9.90 Å². The minimum absolute atomic E-state index is 0.0146. The van der Waals surface area contributed by atoms with E-state index in [9.17, 15) is 9.90 Å². The first kappa shape index (κ1) is 20.9. The molecule has 1 unspecified atom stereocenters. The van der Waals surface area contributed by atoms with E-state index < -0.39 is 6.10 Å². The van der Waals surface area contributed by atoms with Crippen LogP contribution in [0.5, 0.6) is 0 Å². The number of aromatic nitrogens is 1. The molecule has 1 heterocycles. The molecule has 3 aromatic rings. The van der Waals surface area contributed by atoms with Crippen molar-refractivity contribution in [2.24, 2.45) is 0 Å². The fraction of sp³-hybridized carbons (Fsp3) is 0.182. The third-order valence-electron chi connectivity index (χ3n) is 4.71. The molecule has 0 saturated carbocycles. The lowest BCUT2D eigenvalue weighted by Crippen LogP contribution is -2.28. The smallest absolute Gasteiger partial charge is 0.253 e. The van der Waals surface area contributed by atoms with Gasteiger partial charge in [0.05, 0.1) is 23.3 Å². The number of nitrogens with one attached hydrogen (secondary N) is 1. The Morgan fingerprint density at radius 2 is 1.86 bits per heavy atom. The molecule has 2 aromatic carbocycles. The van der Waals surface area contributed by atoms with E-state index in [4.69, 9.17) is 28.5 Å². The molecule has 1 atom stereocenters. The number of hydrogen-bond donors (Lipinski definition) is 2. The SMILES string of the molecule is Cc1cc(C(=O)NCC(O)c2ccc(Cl)cc2Cl)c(C)n1-c1ccc(C#N)cc1. The van der Waals surface area contributed by atoms with E-state index in [0.717, 1.165) is 17.1 Å². The van der Waals surface area contributed by atoms with Gasteiger partial charge in [-0.15, -0.1) is 0 Å². The Hall–Kier alpha value is -2.78. The van der Waals surface area contributed by atoms with Crippen LogP contribution in [0.15, 0.2) is 48.5 Å². The number of aliphatic hydroxyl groups excluding tert-OH is 1. The Morgan fingerprint density at radius 3 is 2.48 bits per heavy atom. The zero-order valence-corrected chi connectivity index (χ0v) is 17.4. The van der Waals surface area contributed by atoms with E-state index in [1.807, 2.05) is 30.5 Å². The average molecular weight is 428 g/mol. The van der Waals surface area contributed by atoms with Crippen molar-refractivity contribution >= 4 is 29.1 Å². The summed E-state index contributed by atoms with van der Waals surface area (Å²) in [6, 6.07) is 15.9. The number of carbonyl (C=O) groups excluding carboxylic acids is 1. The number of benzene rings is 2. The van der Waals surface area contributed by atoms with Gasteiger partial charge in [-0.25, -0.2) is 0 Å². The Morgan fingerprint density at radius 1 is 1.17 bits per heavy atom. The van der Waals surface area contributed by atoms with Crippen LogP contribution in [0.25, 0.3) is 5.69 Å². The number of rotatable bonds is 5. The third-order valence-corrected chi connectivity index (χ3v) is 5.27. The summed E-state index contributed by atoms with van der Waals surface area (Å²) in [6.45, 7) is 3.78. The molecule has 0 saturated heterocycles. The lowest BCUT2D eigenvalue weighted by molar-refractivity contribution is 0.0915. The maximum atomic E-state index is 12.7. The van der Waals surface area contributed by atoms with Crippen LogP contribution in [0.3, 0.4) is 0 Å². The van der Waals surface area contributed by atoms with E-state index in [1.54, 1.807) is 36.4 Å². The third kappa shape index (κ3) is 4.46. The van der Waals surface area contributed by atoms with Crippen molar-refractivity contribution in [3.63, 3.8) is 0 Å². The summed E-state index contributed by atoms with van der Waals surface area (Å²) in [5.41, 5.74) is 4.11. The van der Waals surface area contributed by atoms with Crippen molar-refractivity contribution in [1.29, 1.82) is 5.26 Å². The van der Waals surface area contributed by atoms with Gasteiger partial charge in [0.25, 0.3) is 5.91 Å². The van der Waals surface area contributed by atoms with Gasteiger partial charge in [-0.1, -0.05) is 29.3 Å². The van der Waals surface area contributed by atoms with Crippen LogP contribution in [0.1, 0.15) is 39.0 Å². The molecule has 7 heteroatoms. The van der Waals surface area contributed by atoms with Crippen LogP contribution in [-0.4, -0.2) is 22.1 Å². The number of carbonyl (C=O) groups is 1. The Labute approximate surface area is 179 Å². The quantitative estimate of drug-likeness (QED) is 0.617. The number of nitriles is 1. The predicted molar refractivity (Wildman–Crippen MR) is 114 cm³/mol. The van der Waals surface area contributed by atoms with Gasteiger partial charge in [-0.2, -0.15) is 5.26 Å². The van der Waals surface area contributed by atoms with Gasteiger partial charge < -0.3 is 15.0 Å². The zero-order chi connectivity index (χ0) is 21.1. The topological polar surface area (TPSA) is 78.0 Å². The number of halogens is 2. The summed E-state index contributed by atoms with van der Waals surface area (Å²) >= 11 is 12.0. The van der Waals surface area contributed by atoms with Crippen molar-refractivity contribution in [3.05, 3.63) is 86.7 Å². The zero-order valence-electron chi connectivity index (χ0n) is 15.9. The summed E-state index contributed by atoms with van der Waals surface area (Å²) in [5, 5.41) is 22.9. The van der Waals surface area contributed by atoms with Gasteiger partial charge in [0, 0.05) is 39.2 Å². The molecule has 29 heavy (non-hydrogen) atoms. The molecule has 0 aliphatic carbocycles. The minimum Gasteiger partial charge on any atom is -0.387 e. The standard InChI is InChI=1S/C22H19Cl2N3O2/c1-13-9-19(14(2)27(13)17-6-3-15(11-25)4-7-17)22(29)26-12-21(28)18-8-5-16(23)10-20(18)24/h3-10,21,28H,12H2,1-2H3,(H,26,29). The number of aliphatic hydroxyl groups is 1. The monoisotopic (exact) mass is 427 g/mol. The second-order valence-corrected chi connectivity index (χ2v) is 7.51. The number of nitrogens with zero attached hydrogens (tertiary/aromatic N) is 2. The van der Waals surface area contributed by atoms with Gasteiger partial charge in [0.2, 0.25) is 0 Å². The summed E-state index contributed by atoms with van der Waals surface area (Å²) in [4.78, 5) is 12.7. The normalized spacial score (nSPS) is 11.7. The van der Waals surface area contributed by atoms with Gasteiger partial charge >= 0.3 is 0 Å². The second-order valence-electron chi connectivity index (χ2n) is 6.67. The molecule has 0 fully saturated rings. The maximum absolute atomic E-state index is 12.7. The van der Waals surface area contributed by atoms with Gasteiger partial charge in [-0.05, 0) is 56.3 Å².